The number of ketones is 1. The number of Topliss-reactive ketones (excluding diaryl/α,β-unsaturated/α-hetero) is 1. The van der Waals surface area contributed by atoms with Gasteiger partial charge in [-0.25, -0.2) is 4.98 Å². The molecule has 162 valence electrons. The Morgan fingerprint density at radius 2 is 1.94 bits per heavy atom. The van der Waals surface area contributed by atoms with Crippen LogP contribution >= 0.6 is 11.6 Å². The molecule has 0 unspecified atom stereocenters. The summed E-state index contributed by atoms with van der Waals surface area (Å²) in [6.45, 7) is 7.08. The van der Waals surface area contributed by atoms with E-state index in [2.05, 4.69) is 4.98 Å². The Balaban J connectivity index is 1.79. The average molecular weight is 442 g/mol. The van der Waals surface area contributed by atoms with Gasteiger partial charge >= 0.3 is 5.97 Å². The maximum Gasteiger partial charge on any atom is 0.308 e. The van der Waals surface area contributed by atoms with Gasteiger partial charge in [-0.1, -0.05) is 25.4 Å². The second kappa shape index (κ2) is 9.35. The Kier molecular flexibility index (Phi) is 6.81. The average Bonchev–Trinajstić information content (AvgIpc) is 3.11. The van der Waals surface area contributed by atoms with Crippen molar-refractivity contribution < 1.29 is 23.8 Å². The maximum atomic E-state index is 12.7. The minimum atomic E-state index is -0.406. The first kappa shape index (κ1) is 22.6. The Morgan fingerprint density at radius 3 is 2.55 bits per heavy atom. The maximum absolute atomic E-state index is 12.7. The number of aryl methyl sites for hydroxylation is 2. The fourth-order valence-electron chi connectivity index (χ4n) is 3.26. The first-order chi connectivity index (χ1) is 14.7. The minimum absolute atomic E-state index is 0.0185. The van der Waals surface area contributed by atoms with Crippen LogP contribution in [0.2, 0.25) is 5.02 Å². The van der Waals surface area contributed by atoms with Crippen molar-refractivity contribution in [1.29, 1.82) is 0 Å². The van der Waals surface area contributed by atoms with Crippen molar-refractivity contribution in [2.45, 2.75) is 46.5 Å². The number of nitrogens with zero attached hydrogens (tertiary/aromatic N) is 1. The summed E-state index contributed by atoms with van der Waals surface area (Å²) in [4.78, 5) is 28.4. The fraction of sp³-hybridized carbons (Fsp3) is 0.292. The van der Waals surface area contributed by atoms with Crippen LogP contribution in [0.4, 0.5) is 0 Å². The Hall–Kier alpha value is -3.12. The molecule has 0 amide bonds. The molecule has 0 fully saturated rings. The standard InChI is InChI=1S/C24H24ClNO5/c1-13(2)23-19(26-24(31-23)18-7-6-17(25)12-21(18)29)8-9-20(28)16-5-10-22(14(3)11-16)30-15(4)27/h5-7,10-13,29H,8-9H2,1-4H3. The van der Waals surface area contributed by atoms with Gasteiger partial charge in [-0.2, -0.15) is 0 Å². The van der Waals surface area contributed by atoms with Crippen LogP contribution < -0.4 is 4.74 Å². The molecule has 0 radical (unpaired) electrons. The molecule has 7 heteroatoms. The predicted molar refractivity (Wildman–Crippen MR) is 118 cm³/mol. The number of benzene rings is 2. The quantitative estimate of drug-likeness (QED) is 0.280. The first-order valence-corrected chi connectivity index (χ1v) is 10.3. The topological polar surface area (TPSA) is 89.6 Å². The molecule has 1 heterocycles. The van der Waals surface area contributed by atoms with Crippen LogP contribution in [0.5, 0.6) is 11.5 Å². The van der Waals surface area contributed by atoms with Gasteiger partial charge in [0.25, 0.3) is 0 Å². The van der Waals surface area contributed by atoms with Gasteiger partial charge in [0.1, 0.15) is 17.3 Å². The molecule has 31 heavy (non-hydrogen) atoms. The number of hydrogen-bond acceptors (Lipinski definition) is 6. The molecule has 0 aliphatic rings. The summed E-state index contributed by atoms with van der Waals surface area (Å²) in [6.07, 6.45) is 0.638. The lowest BCUT2D eigenvalue weighted by atomic mass is 10.0. The second-order valence-corrected chi connectivity index (χ2v) is 8.08. The SMILES string of the molecule is CC(=O)Oc1ccc(C(=O)CCc2nc(-c3ccc(Cl)cc3O)oc2C(C)C)cc1C. The minimum Gasteiger partial charge on any atom is -0.507 e. The number of halogens is 1. The van der Waals surface area contributed by atoms with Gasteiger partial charge in [-0.15, -0.1) is 0 Å². The fourth-order valence-corrected chi connectivity index (χ4v) is 3.43. The van der Waals surface area contributed by atoms with Gasteiger partial charge in [0.05, 0.1) is 11.3 Å². The van der Waals surface area contributed by atoms with Crippen molar-refractivity contribution in [3.63, 3.8) is 0 Å². The van der Waals surface area contributed by atoms with Crippen LogP contribution in [0.25, 0.3) is 11.5 Å². The number of aromatic nitrogens is 1. The summed E-state index contributed by atoms with van der Waals surface area (Å²) in [6, 6.07) is 9.72. The van der Waals surface area contributed by atoms with Crippen LogP contribution in [0.3, 0.4) is 0 Å². The Morgan fingerprint density at radius 1 is 1.19 bits per heavy atom. The van der Waals surface area contributed by atoms with Crippen molar-refractivity contribution in [2.75, 3.05) is 0 Å². The molecule has 3 aromatic rings. The van der Waals surface area contributed by atoms with Crippen molar-refractivity contribution in [1.82, 2.24) is 4.98 Å². The monoisotopic (exact) mass is 441 g/mol. The zero-order valence-corrected chi connectivity index (χ0v) is 18.6. The highest BCUT2D eigenvalue weighted by atomic mass is 35.5. The van der Waals surface area contributed by atoms with Gasteiger partial charge in [0, 0.05) is 36.3 Å². The normalized spacial score (nSPS) is 11.0. The van der Waals surface area contributed by atoms with Crippen molar-refractivity contribution >= 4 is 23.4 Å². The number of rotatable bonds is 7. The molecule has 0 bridgehead atoms. The lowest BCUT2D eigenvalue weighted by Gasteiger charge is -2.08. The second-order valence-electron chi connectivity index (χ2n) is 7.64. The summed E-state index contributed by atoms with van der Waals surface area (Å²) in [5.41, 5.74) is 2.38. The highest BCUT2D eigenvalue weighted by Gasteiger charge is 2.20. The van der Waals surface area contributed by atoms with E-state index >= 15 is 0 Å². The molecule has 0 saturated carbocycles. The molecule has 3 rings (SSSR count). The first-order valence-electron chi connectivity index (χ1n) is 9.96. The molecular weight excluding hydrogens is 418 g/mol. The van der Waals surface area contributed by atoms with Crippen LogP contribution in [0, 0.1) is 6.92 Å². The number of phenolic OH excluding ortho intramolecular Hbond substituents is 1. The highest BCUT2D eigenvalue weighted by Crippen LogP contribution is 2.34. The third-order valence-electron chi connectivity index (χ3n) is 4.78. The van der Waals surface area contributed by atoms with E-state index in [9.17, 15) is 14.7 Å². The molecule has 0 aliphatic carbocycles. The number of aromatic hydroxyl groups is 1. The lowest BCUT2D eigenvalue weighted by Crippen LogP contribution is -2.06. The largest absolute Gasteiger partial charge is 0.507 e. The number of oxazole rings is 1. The Bertz CT molecular complexity index is 1130. The molecule has 1 N–H and O–H groups in total. The van der Waals surface area contributed by atoms with E-state index in [1.807, 2.05) is 13.8 Å². The van der Waals surface area contributed by atoms with E-state index in [0.29, 0.717) is 51.2 Å². The van der Waals surface area contributed by atoms with Crippen molar-refractivity contribution in [3.05, 3.63) is 64.0 Å². The molecule has 0 aliphatic heterocycles. The highest BCUT2D eigenvalue weighted by molar-refractivity contribution is 6.30. The van der Waals surface area contributed by atoms with E-state index in [1.165, 1.54) is 13.0 Å². The number of carbonyl (C=O) groups excluding carboxylic acids is 2. The number of carbonyl (C=O) groups is 2. The summed E-state index contributed by atoms with van der Waals surface area (Å²) in [5.74, 6) is 1.000. The number of phenols is 1. The number of hydrogen-bond donors (Lipinski definition) is 1. The molecule has 6 nitrogen and oxygen atoms in total. The van der Waals surface area contributed by atoms with Gasteiger partial charge in [-0.05, 0) is 48.9 Å². The van der Waals surface area contributed by atoms with Gasteiger partial charge < -0.3 is 14.3 Å². The van der Waals surface area contributed by atoms with E-state index in [0.717, 1.165) is 0 Å². The number of esters is 1. The van der Waals surface area contributed by atoms with Crippen LogP contribution in [-0.4, -0.2) is 21.8 Å². The third kappa shape index (κ3) is 5.33. The van der Waals surface area contributed by atoms with Crippen LogP contribution in [0.15, 0.2) is 40.8 Å². The molecule has 0 atom stereocenters. The van der Waals surface area contributed by atoms with Gasteiger partial charge in [0.15, 0.2) is 5.78 Å². The number of ether oxygens (including phenoxy) is 1. The zero-order chi connectivity index (χ0) is 22.7. The van der Waals surface area contributed by atoms with Gasteiger partial charge in [-0.3, -0.25) is 9.59 Å². The van der Waals surface area contributed by atoms with Crippen LogP contribution in [0.1, 0.15) is 60.5 Å². The predicted octanol–water partition coefficient (Wildman–Crippen LogP) is 5.87. The molecule has 2 aromatic carbocycles. The third-order valence-corrected chi connectivity index (χ3v) is 5.02. The van der Waals surface area contributed by atoms with E-state index in [-0.39, 0.29) is 23.9 Å². The summed E-state index contributed by atoms with van der Waals surface area (Å²) in [7, 11) is 0. The summed E-state index contributed by atoms with van der Waals surface area (Å²) < 4.78 is 11.0. The van der Waals surface area contributed by atoms with Gasteiger partial charge in [0.2, 0.25) is 5.89 Å². The summed E-state index contributed by atoms with van der Waals surface area (Å²) in [5, 5.41) is 10.6. The van der Waals surface area contributed by atoms with Crippen molar-refractivity contribution in [2.24, 2.45) is 0 Å². The van der Waals surface area contributed by atoms with Crippen LogP contribution in [-0.2, 0) is 11.2 Å². The Labute approximate surface area is 185 Å². The molecule has 0 spiro atoms. The summed E-state index contributed by atoms with van der Waals surface area (Å²) >= 11 is 5.91. The molecule has 1 aromatic heterocycles. The lowest BCUT2D eigenvalue weighted by molar-refractivity contribution is -0.131. The molecular formula is C24H24ClNO5. The smallest absolute Gasteiger partial charge is 0.308 e. The van der Waals surface area contributed by atoms with E-state index < -0.39 is 5.97 Å². The molecule has 0 saturated heterocycles. The van der Waals surface area contributed by atoms with E-state index in [4.69, 9.17) is 20.8 Å². The van der Waals surface area contributed by atoms with E-state index in [1.54, 1.807) is 37.3 Å². The van der Waals surface area contributed by atoms with Crippen molar-refractivity contribution in [3.8, 4) is 23.0 Å². The zero-order valence-electron chi connectivity index (χ0n) is 17.9.